The summed E-state index contributed by atoms with van der Waals surface area (Å²) in [7, 11) is 0. The molecule has 0 atom stereocenters. The summed E-state index contributed by atoms with van der Waals surface area (Å²) in [6.07, 6.45) is 0. The van der Waals surface area contributed by atoms with E-state index in [1.807, 2.05) is 0 Å². The highest BCUT2D eigenvalue weighted by atomic mass is 16.3. The molecule has 0 bridgehead atoms. The topological polar surface area (TPSA) is 18.1 Å². The van der Waals surface area contributed by atoms with E-state index in [9.17, 15) is 0 Å². The highest BCUT2D eigenvalue weighted by Crippen LogP contribution is 2.51. The number of hydrogen-bond donors (Lipinski definition) is 0. The molecule has 2 aromatic heterocycles. The van der Waals surface area contributed by atoms with Crippen molar-refractivity contribution in [2.75, 3.05) is 0 Å². The van der Waals surface area contributed by atoms with Crippen LogP contribution in [0.2, 0.25) is 0 Å². The van der Waals surface area contributed by atoms with Gasteiger partial charge in [-0.3, -0.25) is 0 Å². The number of furan rings is 1. The van der Waals surface area contributed by atoms with Gasteiger partial charge in [-0.2, -0.15) is 0 Å². The SMILES string of the molecule is CC(C)(C)n1c2cccc(-c3ccccc3)c2c2cccc(-c3c4ccccc4c(-c4ccc5ccccc5c4)c4oc5ccccc5c34)c21. The maximum atomic E-state index is 6.96. The van der Waals surface area contributed by atoms with Crippen LogP contribution in [0.25, 0.3) is 98.7 Å². The first-order valence-electron chi connectivity index (χ1n) is 17.4. The number of rotatable bonds is 3. The molecule has 0 radical (unpaired) electrons. The molecule has 8 aromatic carbocycles. The molecule has 0 amide bonds. The molecule has 0 aliphatic rings. The van der Waals surface area contributed by atoms with Gasteiger partial charge < -0.3 is 8.98 Å². The minimum Gasteiger partial charge on any atom is -0.455 e. The van der Waals surface area contributed by atoms with Crippen molar-refractivity contribution in [2.45, 2.75) is 26.3 Å². The average molecular weight is 642 g/mol. The van der Waals surface area contributed by atoms with Crippen LogP contribution in [0.4, 0.5) is 0 Å². The predicted octanol–water partition coefficient (Wildman–Crippen LogP) is 13.8. The van der Waals surface area contributed by atoms with E-state index in [2.05, 4.69) is 183 Å². The summed E-state index contributed by atoms with van der Waals surface area (Å²) >= 11 is 0. The van der Waals surface area contributed by atoms with Gasteiger partial charge in [0.25, 0.3) is 0 Å². The normalized spacial score (nSPS) is 12.3. The summed E-state index contributed by atoms with van der Waals surface area (Å²) in [4.78, 5) is 0. The Hall–Kier alpha value is -6.12. The lowest BCUT2D eigenvalue weighted by Gasteiger charge is -2.26. The number of aromatic nitrogens is 1. The minimum atomic E-state index is -0.191. The Morgan fingerprint density at radius 3 is 1.90 bits per heavy atom. The van der Waals surface area contributed by atoms with Gasteiger partial charge in [0.15, 0.2) is 0 Å². The smallest absolute Gasteiger partial charge is 0.144 e. The summed E-state index contributed by atoms with van der Waals surface area (Å²) in [6.45, 7) is 6.96. The Bertz CT molecular complexity index is 2950. The molecule has 2 heterocycles. The van der Waals surface area contributed by atoms with Crippen LogP contribution in [0.3, 0.4) is 0 Å². The van der Waals surface area contributed by atoms with Crippen molar-refractivity contribution < 1.29 is 4.42 Å². The number of para-hydroxylation sites is 2. The van der Waals surface area contributed by atoms with E-state index >= 15 is 0 Å². The van der Waals surface area contributed by atoms with Crippen LogP contribution in [0, 0.1) is 0 Å². The summed E-state index contributed by atoms with van der Waals surface area (Å²) < 4.78 is 9.53. The van der Waals surface area contributed by atoms with Crippen molar-refractivity contribution in [1.29, 1.82) is 0 Å². The van der Waals surface area contributed by atoms with Crippen LogP contribution in [0.15, 0.2) is 162 Å². The lowest BCUT2D eigenvalue weighted by atomic mass is 9.86. The van der Waals surface area contributed by atoms with Gasteiger partial charge in [0.2, 0.25) is 0 Å². The molecule has 0 N–H and O–H groups in total. The molecule has 0 aliphatic heterocycles. The Labute approximate surface area is 290 Å². The molecule has 2 nitrogen and oxygen atoms in total. The molecule has 0 fully saturated rings. The third-order valence-corrected chi connectivity index (χ3v) is 10.4. The molecular formula is C48H35NO. The van der Waals surface area contributed by atoms with Crippen LogP contribution >= 0.6 is 0 Å². The molecule has 10 rings (SSSR count). The van der Waals surface area contributed by atoms with Gasteiger partial charge in [-0.05, 0) is 77.2 Å². The van der Waals surface area contributed by atoms with Crippen LogP contribution in [0.1, 0.15) is 20.8 Å². The Morgan fingerprint density at radius 2 is 1.10 bits per heavy atom. The lowest BCUT2D eigenvalue weighted by Crippen LogP contribution is -2.21. The first kappa shape index (κ1) is 28.9. The second kappa shape index (κ2) is 10.7. The maximum absolute atomic E-state index is 6.96. The van der Waals surface area contributed by atoms with Crippen LogP contribution in [-0.2, 0) is 5.54 Å². The zero-order valence-electron chi connectivity index (χ0n) is 28.4. The molecule has 50 heavy (non-hydrogen) atoms. The molecule has 2 heteroatoms. The number of hydrogen-bond acceptors (Lipinski definition) is 1. The first-order valence-corrected chi connectivity index (χ1v) is 17.4. The van der Waals surface area contributed by atoms with Gasteiger partial charge in [0, 0.05) is 43.8 Å². The van der Waals surface area contributed by atoms with Crippen molar-refractivity contribution >= 4 is 65.3 Å². The fraction of sp³-hybridized carbons (Fsp3) is 0.0833. The summed E-state index contributed by atoms with van der Waals surface area (Å²) in [5, 5.41) is 9.69. The van der Waals surface area contributed by atoms with Gasteiger partial charge in [-0.1, -0.05) is 140 Å². The van der Waals surface area contributed by atoms with Gasteiger partial charge in [0.05, 0.1) is 11.0 Å². The second-order valence-corrected chi connectivity index (χ2v) is 14.4. The van der Waals surface area contributed by atoms with Crippen molar-refractivity contribution in [3.05, 3.63) is 158 Å². The van der Waals surface area contributed by atoms with Crippen LogP contribution in [0.5, 0.6) is 0 Å². The monoisotopic (exact) mass is 641 g/mol. The summed E-state index contributed by atoms with van der Waals surface area (Å²) in [6, 6.07) is 57.3. The molecule has 0 saturated heterocycles. The van der Waals surface area contributed by atoms with E-state index in [1.165, 1.54) is 65.6 Å². The highest BCUT2D eigenvalue weighted by Gasteiger charge is 2.28. The molecule has 238 valence electrons. The highest BCUT2D eigenvalue weighted by molar-refractivity contribution is 6.29. The maximum Gasteiger partial charge on any atom is 0.144 e. The third-order valence-electron chi connectivity index (χ3n) is 10.4. The van der Waals surface area contributed by atoms with Crippen LogP contribution in [-0.4, -0.2) is 4.57 Å². The third kappa shape index (κ3) is 4.15. The molecule has 10 aromatic rings. The fourth-order valence-corrected chi connectivity index (χ4v) is 8.43. The number of benzene rings is 8. The van der Waals surface area contributed by atoms with Crippen LogP contribution < -0.4 is 0 Å². The largest absolute Gasteiger partial charge is 0.455 e. The fourth-order valence-electron chi connectivity index (χ4n) is 8.43. The standard InChI is InChI=1S/C48H35NO/c1-48(2,3)49-40-25-14-22-34(31-16-5-4-6-17-31)43(40)38-23-13-24-39(46(38)49)44-36-20-10-9-19-35(36)42(33-28-27-30-15-7-8-18-32(30)29-33)47-45(44)37-21-11-12-26-41(37)50-47/h4-29H,1-3H3. The molecule has 0 spiro atoms. The molecule has 0 aliphatic carbocycles. The number of fused-ring (bicyclic) bond motifs is 8. The lowest BCUT2D eigenvalue weighted by molar-refractivity contribution is 0.423. The zero-order chi connectivity index (χ0) is 33.6. The zero-order valence-corrected chi connectivity index (χ0v) is 28.4. The van der Waals surface area contributed by atoms with Crippen molar-refractivity contribution in [2.24, 2.45) is 0 Å². The summed E-state index contributed by atoms with van der Waals surface area (Å²) in [5.41, 5.74) is 11.3. The number of nitrogens with zero attached hydrogens (tertiary/aromatic N) is 1. The van der Waals surface area contributed by atoms with E-state index in [4.69, 9.17) is 4.42 Å². The Kier molecular flexibility index (Phi) is 6.17. The van der Waals surface area contributed by atoms with Gasteiger partial charge in [-0.25, -0.2) is 0 Å². The van der Waals surface area contributed by atoms with E-state index < -0.39 is 0 Å². The van der Waals surface area contributed by atoms with Gasteiger partial charge in [0.1, 0.15) is 11.2 Å². The Morgan fingerprint density at radius 1 is 0.460 bits per heavy atom. The average Bonchev–Trinajstić information content (AvgIpc) is 3.70. The van der Waals surface area contributed by atoms with E-state index in [-0.39, 0.29) is 5.54 Å². The van der Waals surface area contributed by atoms with E-state index in [0.29, 0.717) is 0 Å². The quantitative estimate of drug-likeness (QED) is 0.188. The Balaban J connectivity index is 1.41. The predicted molar refractivity (Wildman–Crippen MR) is 213 cm³/mol. The minimum absolute atomic E-state index is 0.191. The van der Waals surface area contributed by atoms with Gasteiger partial charge in [-0.15, -0.1) is 0 Å². The molecule has 0 saturated carbocycles. The summed E-state index contributed by atoms with van der Waals surface area (Å²) in [5.74, 6) is 0. The first-order chi connectivity index (χ1) is 24.5. The van der Waals surface area contributed by atoms with Crippen molar-refractivity contribution in [1.82, 2.24) is 4.57 Å². The molecule has 0 unspecified atom stereocenters. The van der Waals surface area contributed by atoms with Crippen molar-refractivity contribution in [3.63, 3.8) is 0 Å². The van der Waals surface area contributed by atoms with Gasteiger partial charge >= 0.3 is 0 Å². The van der Waals surface area contributed by atoms with Crippen molar-refractivity contribution in [3.8, 4) is 33.4 Å². The van der Waals surface area contributed by atoms with E-state index in [0.717, 1.165) is 33.1 Å². The second-order valence-electron chi connectivity index (χ2n) is 14.4. The van der Waals surface area contributed by atoms with E-state index in [1.54, 1.807) is 0 Å². The molecular weight excluding hydrogens is 607 g/mol.